The van der Waals surface area contributed by atoms with Gasteiger partial charge in [0.15, 0.2) is 0 Å². The van der Waals surface area contributed by atoms with Gasteiger partial charge in [-0.25, -0.2) is 0 Å². The Morgan fingerprint density at radius 2 is 0.500 bits per heavy atom. The molecule has 0 heterocycles. The van der Waals surface area contributed by atoms with E-state index in [9.17, 15) is 0 Å². The molecule has 0 aliphatic heterocycles. The number of benzene rings is 6. The van der Waals surface area contributed by atoms with Crippen molar-refractivity contribution >= 4 is 38.6 Å². The van der Waals surface area contributed by atoms with Gasteiger partial charge in [0.1, 0.15) is 0 Å². The molecule has 6 aromatic carbocycles. The molecule has 0 fully saturated rings. The molecule has 0 aromatic heterocycles. The molecule has 0 unspecified atom stereocenters. The van der Waals surface area contributed by atoms with E-state index in [1.165, 1.54) is 77.6 Å². The summed E-state index contributed by atoms with van der Waals surface area (Å²) in [5.74, 6) is 0. The molecule has 0 nitrogen and oxygen atoms in total. The maximum absolute atomic E-state index is 2.38. The molecule has 0 N–H and O–H groups in total. The molecular formula is C40H26. The number of fused-ring (bicyclic) bond motifs is 2. The predicted molar refractivity (Wildman–Crippen MR) is 169 cm³/mol. The topological polar surface area (TPSA) is 0 Å². The van der Waals surface area contributed by atoms with E-state index in [2.05, 4.69) is 158 Å². The van der Waals surface area contributed by atoms with Crippen molar-refractivity contribution in [2.24, 2.45) is 0 Å². The summed E-state index contributed by atoms with van der Waals surface area (Å²) in [6.07, 6.45) is 0. The minimum absolute atomic E-state index is 1.24. The van der Waals surface area contributed by atoms with E-state index < -0.39 is 0 Å². The number of hydrogen-bond acceptors (Lipinski definition) is 0. The molecule has 0 heteroatoms. The van der Waals surface area contributed by atoms with E-state index in [1.807, 2.05) is 0 Å². The first-order valence-electron chi connectivity index (χ1n) is 13.9. The van der Waals surface area contributed by atoms with Crippen LogP contribution in [0.3, 0.4) is 0 Å². The monoisotopic (exact) mass is 506 g/mol. The van der Waals surface area contributed by atoms with Crippen molar-refractivity contribution in [1.82, 2.24) is 0 Å². The molecule has 0 radical (unpaired) electrons. The van der Waals surface area contributed by atoms with E-state index in [1.54, 1.807) is 0 Å². The minimum Gasteiger partial charge on any atom is -0.0622 e. The summed E-state index contributed by atoms with van der Waals surface area (Å²) in [4.78, 5) is 0. The van der Waals surface area contributed by atoms with Crippen molar-refractivity contribution in [2.45, 2.75) is 0 Å². The lowest BCUT2D eigenvalue weighted by molar-refractivity contribution is 1.57. The zero-order valence-electron chi connectivity index (χ0n) is 22.0. The van der Waals surface area contributed by atoms with Crippen molar-refractivity contribution in [2.75, 3.05) is 0 Å². The van der Waals surface area contributed by atoms with E-state index in [0.717, 1.165) is 0 Å². The van der Waals surface area contributed by atoms with Gasteiger partial charge in [-0.05, 0) is 89.7 Å². The SMILES string of the molecule is c1ccc(C2=C(c3ccccc3)C(c3ccccc3)=C(c3ccccc3)C2=C2c3cc4ccccc4cc32)cc1. The summed E-state index contributed by atoms with van der Waals surface area (Å²) < 4.78 is 0. The van der Waals surface area contributed by atoms with Gasteiger partial charge in [0, 0.05) is 0 Å². The Morgan fingerprint density at radius 1 is 0.225 bits per heavy atom. The Bertz CT molecular complexity index is 1840. The number of rotatable bonds is 4. The van der Waals surface area contributed by atoms with Gasteiger partial charge in [0.2, 0.25) is 0 Å². The molecule has 0 saturated heterocycles. The van der Waals surface area contributed by atoms with Gasteiger partial charge >= 0.3 is 0 Å². The first kappa shape index (κ1) is 22.8. The lowest BCUT2D eigenvalue weighted by Crippen LogP contribution is -1.92. The molecule has 0 atom stereocenters. The fourth-order valence-electron chi connectivity index (χ4n) is 6.32. The molecule has 8 rings (SSSR count). The van der Waals surface area contributed by atoms with Crippen molar-refractivity contribution in [3.63, 3.8) is 0 Å². The maximum Gasteiger partial charge on any atom is -0.000137 e. The first-order valence-corrected chi connectivity index (χ1v) is 13.9. The minimum atomic E-state index is 1.24. The molecule has 186 valence electrons. The zero-order chi connectivity index (χ0) is 26.5. The molecule has 2 aliphatic rings. The highest BCUT2D eigenvalue weighted by atomic mass is 14.4. The van der Waals surface area contributed by atoms with E-state index in [4.69, 9.17) is 0 Å². The van der Waals surface area contributed by atoms with Crippen molar-refractivity contribution in [1.29, 1.82) is 0 Å². The van der Waals surface area contributed by atoms with Crippen LogP contribution in [0.2, 0.25) is 0 Å². The molecule has 0 spiro atoms. The van der Waals surface area contributed by atoms with Crippen LogP contribution in [0.1, 0.15) is 33.4 Å². The smallest absolute Gasteiger partial charge is 0.000137 e. The van der Waals surface area contributed by atoms with Crippen LogP contribution in [0.5, 0.6) is 0 Å². The summed E-state index contributed by atoms with van der Waals surface area (Å²) in [6, 6.07) is 57.2. The summed E-state index contributed by atoms with van der Waals surface area (Å²) in [5, 5.41) is 2.58. The van der Waals surface area contributed by atoms with E-state index in [0.29, 0.717) is 0 Å². The Balaban J connectivity index is 1.55. The Hall–Kier alpha value is -5.20. The molecule has 6 aromatic rings. The predicted octanol–water partition coefficient (Wildman–Crippen LogP) is 10.2. The van der Waals surface area contributed by atoms with Crippen molar-refractivity contribution in [3.05, 3.63) is 197 Å². The second kappa shape index (κ2) is 9.22. The highest BCUT2D eigenvalue weighted by Gasteiger charge is 2.39. The van der Waals surface area contributed by atoms with Crippen LogP contribution in [0.25, 0.3) is 38.6 Å². The second-order valence-corrected chi connectivity index (χ2v) is 10.5. The van der Waals surface area contributed by atoms with Gasteiger partial charge in [0.05, 0.1) is 0 Å². The average Bonchev–Trinajstić information content (AvgIpc) is 3.61. The summed E-state index contributed by atoms with van der Waals surface area (Å²) in [6.45, 7) is 0. The van der Waals surface area contributed by atoms with Gasteiger partial charge < -0.3 is 0 Å². The van der Waals surface area contributed by atoms with Crippen LogP contribution in [0.15, 0.2) is 163 Å². The standard InChI is InChI=1S/C40H26/c1-5-15-27(16-6-1)35-36(28-17-7-2-8-18-28)38(30-21-11-4-12-22-30)40(37(35)29-19-9-3-10-20-29)39-33-25-31-23-13-14-24-32(31)26-34(33)39/h1-26H. The average molecular weight is 507 g/mol. The van der Waals surface area contributed by atoms with E-state index in [-0.39, 0.29) is 0 Å². The molecular weight excluding hydrogens is 480 g/mol. The molecule has 0 amide bonds. The van der Waals surface area contributed by atoms with Crippen LogP contribution in [0, 0.1) is 0 Å². The Kier molecular flexibility index (Phi) is 5.24. The highest BCUT2D eigenvalue weighted by Crippen LogP contribution is 2.61. The summed E-state index contributed by atoms with van der Waals surface area (Å²) in [5.41, 5.74) is 15.6. The first-order chi connectivity index (χ1) is 19.9. The zero-order valence-corrected chi connectivity index (χ0v) is 22.0. The normalized spacial score (nSPS) is 14.2. The lowest BCUT2D eigenvalue weighted by Gasteiger charge is -2.14. The number of hydrogen-bond donors (Lipinski definition) is 0. The fraction of sp³-hybridized carbons (Fsp3) is 0. The van der Waals surface area contributed by atoms with Gasteiger partial charge in [0.25, 0.3) is 0 Å². The van der Waals surface area contributed by atoms with Crippen LogP contribution < -0.4 is 0 Å². The highest BCUT2D eigenvalue weighted by molar-refractivity contribution is 6.38. The van der Waals surface area contributed by atoms with E-state index >= 15 is 0 Å². The third-order valence-corrected chi connectivity index (χ3v) is 8.11. The Labute approximate surface area is 234 Å². The van der Waals surface area contributed by atoms with Gasteiger partial charge in [-0.3, -0.25) is 0 Å². The van der Waals surface area contributed by atoms with Gasteiger partial charge in [-0.15, -0.1) is 0 Å². The summed E-state index contributed by atoms with van der Waals surface area (Å²) >= 11 is 0. The quantitative estimate of drug-likeness (QED) is 0.223. The molecule has 0 saturated carbocycles. The van der Waals surface area contributed by atoms with Crippen molar-refractivity contribution in [3.8, 4) is 0 Å². The van der Waals surface area contributed by atoms with Crippen LogP contribution in [-0.4, -0.2) is 0 Å². The molecule has 40 heavy (non-hydrogen) atoms. The second-order valence-electron chi connectivity index (χ2n) is 10.5. The third-order valence-electron chi connectivity index (χ3n) is 8.11. The lowest BCUT2D eigenvalue weighted by atomic mass is 9.89. The number of allylic oxidation sites excluding steroid dienone is 5. The van der Waals surface area contributed by atoms with Crippen LogP contribution in [-0.2, 0) is 0 Å². The third kappa shape index (κ3) is 3.61. The molecule has 0 bridgehead atoms. The van der Waals surface area contributed by atoms with Gasteiger partial charge in [-0.1, -0.05) is 146 Å². The van der Waals surface area contributed by atoms with Crippen LogP contribution in [0.4, 0.5) is 0 Å². The van der Waals surface area contributed by atoms with Crippen molar-refractivity contribution < 1.29 is 0 Å². The van der Waals surface area contributed by atoms with Crippen LogP contribution >= 0.6 is 0 Å². The molecule has 2 aliphatic carbocycles. The van der Waals surface area contributed by atoms with Gasteiger partial charge in [-0.2, -0.15) is 0 Å². The maximum atomic E-state index is 2.38. The Morgan fingerprint density at radius 3 is 0.825 bits per heavy atom. The fourth-order valence-corrected chi connectivity index (χ4v) is 6.32. The summed E-state index contributed by atoms with van der Waals surface area (Å²) in [7, 11) is 0. The largest absolute Gasteiger partial charge is 0.0622 e.